The quantitative estimate of drug-likeness (QED) is 0.505. The molecule has 1 N–H and O–H groups in total. The van der Waals surface area contributed by atoms with Crippen LogP contribution in [0.3, 0.4) is 0 Å². The number of rotatable bonds is 4. The third-order valence-corrected chi connectivity index (χ3v) is 5.92. The number of hydrogen-bond acceptors (Lipinski definition) is 5. The first kappa shape index (κ1) is 17.3. The molecule has 1 atom stereocenters. The molecule has 0 radical (unpaired) electrons. The summed E-state index contributed by atoms with van der Waals surface area (Å²) in [5.74, 6) is 0.0397. The molecule has 0 spiro atoms. The van der Waals surface area contributed by atoms with Crippen molar-refractivity contribution in [1.29, 1.82) is 0 Å². The number of aliphatic hydroxyl groups excluding tert-OH is 1. The Balaban J connectivity index is 1.61. The predicted octanol–water partition coefficient (Wildman–Crippen LogP) is 4.79. The first-order chi connectivity index (χ1) is 12.4. The Kier molecular flexibility index (Phi) is 4.37. The molecule has 0 saturated heterocycles. The Bertz CT molecular complexity index is 1070. The Labute approximate surface area is 154 Å². The number of thioether (sulfide) groups is 1. The predicted molar refractivity (Wildman–Crippen MR) is 95.5 cm³/mol. The van der Waals surface area contributed by atoms with E-state index < -0.39 is 17.8 Å². The maximum Gasteiger partial charge on any atom is 0.416 e. The lowest BCUT2D eigenvalue weighted by Gasteiger charge is -2.16. The molecule has 0 aliphatic rings. The molecule has 4 rings (SSSR count). The monoisotopic (exact) mass is 395 g/mol. The van der Waals surface area contributed by atoms with Gasteiger partial charge in [0.1, 0.15) is 0 Å². The zero-order valence-corrected chi connectivity index (χ0v) is 14.8. The van der Waals surface area contributed by atoms with E-state index in [1.165, 1.54) is 41.3 Å². The van der Waals surface area contributed by atoms with Gasteiger partial charge in [0.05, 0.1) is 21.9 Å². The summed E-state index contributed by atoms with van der Waals surface area (Å²) in [7, 11) is 0. The average molecular weight is 395 g/mol. The number of para-hydroxylation sites is 1. The second-order valence-corrected chi connectivity index (χ2v) is 7.58. The molecule has 4 nitrogen and oxygen atoms in total. The van der Waals surface area contributed by atoms with Crippen LogP contribution in [0.1, 0.15) is 17.2 Å². The van der Waals surface area contributed by atoms with Crippen molar-refractivity contribution in [2.75, 3.05) is 5.75 Å². The lowest BCUT2D eigenvalue weighted by atomic mass is 10.0. The third-order valence-electron chi connectivity index (χ3n) is 3.91. The summed E-state index contributed by atoms with van der Waals surface area (Å²) in [5, 5.41) is 19.1. The van der Waals surface area contributed by atoms with E-state index in [0.717, 1.165) is 16.3 Å². The smallest absolute Gasteiger partial charge is 0.388 e. The first-order valence-corrected chi connectivity index (χ1v) is 9.45. The number of aliphatic hydroxyl groups is 1. The van der Waals surface area contributed by atoms with E-state index >= 15 is 0 Å². The number of alkyl halides is 3. The molecular formula is C17H12F3N3OS2. The molecule has 9 heteroatoms. The van der Waals surface area contributed by atoms with Crippen LogP contribution >= 0.6 is 23.1 Å². The first-order valence-electron chi connectivity index (χ1n) is 7.65. The summed E-state index contributed by atoms with van der Waals surface area (Å²) >= 11 is 2.66. The number of hydrogen-bond donors (Lipinski definition) is 1. The van der Waals surface area contributed by atoms with E-state index in [1.54, 1.807) is 0 Å². The number of halogens is 3. The SMILES string of the molecule is OC(CSc1nnc2sc3ccccc3n12)c1ccccc1C(F)(F)F. The second-order valence-electron chi connectivity index (χ2n) is 5.58. The van der Waals surface area contributed by atoms with Crippen LogP contribution in [0.4, 0.5) is 13.2 Å². The van der Waals surface area contributed by atoms with Crippen molar-refractivity contribution in [1.82, 2.24) is 14.6 Å². The van der Waals surface area contributed by atoms with Crippen LogP contribution in [0.25, 0.3) is 15.2 Å². The zero-order valence-electron chi connectivity index (χ0n) is 13.1. The second kappa shape index (κ2) is 6.57. The van der Waals surface area contributed by atoms with Crippen LogP contribution in [0, 0.1) is 0 Å². The summed E-state index contributed by atoms with van der Waals surface area (Å²) in [4.78, 5) is 0.707. The molecule has 2 aromatic heterocycles. The van der Waals surface area contributed by atoms with Gasteiger partial charge in [0, 0.05) is 5.75 Å². The Morgan fingerprint density at radius 1 is 1.08 bits per heavy atom. The molecule has 26 heavy (non-hydrogen) atoms. The third kappa shape index (κ3) is 3.06. The molecule has 1 unspecified atom stereocenters. The van der Waals surface area contributed by atoms with Crippen molar-refractivity contribution in [3.63, 3.8) is 0 Å². The van der Waals surface area contributed by atoms with Crippen molar-refractivity contribution in [2.24, 2.45) is 0 Å². The van der Waals surface area contributed by atoms with Gasteiger partial charge < -0.3 is 5.11 Å². The topological polar surface area (TPSA) is 50.4 Å². The normalized spacial score (nSPS) is 13.5. The van der Waals surface area contributed by atoms with Crippen LogP contribution < -0.4 is 0 Å². The zero-order chi connectivity index (χ0) is 18.3. The van der Waals surface area contributed by atoms with Gasteiger partial charge in [-0.3, -0.25) is 4.40 Å². The lowest BCUT2D eigenvalue weighted by Crippen LogP contribution is -2.13. The molecule has 0 amide bonds. The molecule has 134 valence electrons. The van der Waals surface area contributed by atoms with Gasteiger partial charge in [0.15, 0.2) is 5.16 Å². The van der Waals surface area contributed by atoms with Crippen molar-refractivity contribution in [2.45, 2.75) is 17.4 Å². The van der Waals surface area contributed by atoms with E-state index in [-0.39, 0.29) is 11.3 Å². The molecule has 2 aromatic carbocycles. The highest BCUT2D eigenvalue weighted by atomic mass is 32.2. The molecule has 0 saturated carbocycles. The van der Waals surface area contributed by atoms with Gasteiger partial charge in [-0.15, -0.1) is 10.2 Å². The number of benzene rings is 2. The number of nitrogens with zero attached hydrogens (tertiary/aromatic N) is 3. The van der Waals surface area contributed by atoms with Gasteiger partial charge in [-0.05, 0) is 23.8 Å². The van der Waals surface area contributed by atoms with Gasteiger partial charge in [-0.25, -0.2) is 0 Å². The summed E-state index contributed by atoms with van der Waals surface area (Å²) in [6, 6.07) is 12.8. The molecule has 0 aliphatic heterocycles. The van der Waals surface area contributed by atoms with E-state index in [2.05, 4.69) is 10.2 Å². The summed E-state index contributed by atoms with van der Waals surface area (Å²) in [6.45, 7) is 0. The minimum atomic E-state index is -4.51. The van der Waals surface area contributed by atoms with E-state index in [1.807, 2.05) is 28.7 Å². The van der Waals surface area contributed by atoms with E-state index in [4.69, 9.17) is 0 Å². The summed E-state index contributed by atoms with van der Waals surface area (Å²) < 4.78 is 42.3. The minimum Gasteiger partial charge on any atom is -0.388 e. The highest BCUT2D eigenvalue weighted by molar-refractivity contribution is 7.99. The largest absolute Gasteiger partial charge is 0.416 e. The van der Waals surface area contributed by atoms with E-state index in [9.17, 15) is 18.3 Å². The van der Waals surface area contributed by atoms with Crippen LogP contribution in [0.5, 0.6) is 0 Å². The molecular weight excluding hydrogens is 383 g/mol. The average Bonchev–Trinajstić information content (AvgIpc) is 3.18. The van der Waals surface area contributed by atoms with Crippen LogP contribution in [0.2, 0.25) is 0 Å². The summed E-state index contributed by atoms with van der Waals surface area (Å²) in [5.41, 5.74) is -0.0194. The van der Waals surface area contributed by atoms with Crippen molar-refractivity contribution in [3.8, 4) is 0 Å². The van der Waals surface area contributed by atoms with Gasteiger partial charge in [-0.1, -0.05) is 53.4 Å². The van der Waals surface area contributed by atoms with Crippen molar-refractivity contribution < 1.29 is 18.3 Å². The minimum absolute atomic E-state index is 0.0397. The van der Waals surface area contributed by atoms with Gasteiger partial charge in [0.25, 0.3) is 0 Å². The van der Waals surface area contributed by atoms with E-state index in [0.29, 0.717) is 10.1 Å². The Morgan fingerprint density at radius 3 is 2.62 bits per heavy atom. The highest BCUT2D eigenvalue weighted by Crippen LogP contribution is 2.36. The fourth-order valence-corrected chi connectivity index (χ4v) is 4.66. The molecule has 0 bridgehead atoms. The van der Waals surface area contributed by atoms with Crippen LogP contribution in [-0.2, 0) is 6.18 Å². The maximum atomic E-state index is 13.1. The fraction of sp³-hybridized carbons (Fsp3) is 0.176. The van der Waals surface area contributed by atoms with Gasteiger partial charge >= 0.3 is 6.18 Å². The van der Waals surface area contributed by atoms with Crippen LogP contribution in [-0.4, -0.2) is 25.5 Å². The fourth-order valence-electron chi connectivity index (χ4n) is 2.74. The van der Waals surface area contributed by atoms with Crippen molar-refractivity contribution in [3.05, 3.63) is 59.7 Å². The number of thiazole rings is 1. The van der Waals surface area contributed by atoms with Crippen molar-refractivity contribution >= 4 is 38.3 Å². The highest BCUT2D eigenvalue weighted by Gasteiger charge is 2.34. The molecule has 2 heterocycles. The Hall–Kier alpha value is -2.10. The molecule has 4 aromatic rings. The molecule has 0 aliphatic carbocycles. The molecule has 0 fully saturated rings. The standard InChI is InChI=1S/C17H12F3N3OS2/c18-17(19,20)11-6-2-1-5-10(11)13(24)9-25-15-21-22-16-23(15)12-7-3-4-8-14(12)26-16/h1-8,13,24H,9H2. The van der Waals surface area contributed by atoms with Gasteiger partial charge in [0.2, 0.25) is 4.96 Å². The lowest BCUT2D eigenvalue weighted by molar-refractivity contribution is -0.139. The number of fused-ring (bicyclic) bond motifs is 3. The Morgan fingerprint density at radius 2 is 1.81 bits per heavy atom. The summed E-state index contributed by atoms with van der Waals surface area (Å²) in [6.07, 6.45) is -5.77. The van der Waals surface area contributed by atoms with Crippen LogP contribution in [0.15, 0.2) is 53.7 Å². The van der Waals surface area contributed by atoms with Gasteiger partial charge in [-0.2, -0.15) is 13.2 Å². The maximum absolute atomic E-state index is 13.1. The number of aromatic nitrogens is 3.